The van der Waals surface area contributed by atoms with Crippen molar-refractivity contribution in [2.45, 2.75) is 12.6 Å². The number of fused-ring (bicyclic) bond motifs is 3. The second-order valence-electron chi connectivity index (χ2n) is 5.75. The molecule has 2 bridgehead atoms. The monoisotopic (exact) mass is 300 g/mol. The van der Waals surface area contributed by atoms with Crippen LogP contribution in [0.3, 0.4) is 0 Å². The number of piperazine rings is 3. The van der Waals surface area contributed by atoms with Crippen molar-refractivity contribution in [3.05, 3.63) is 41.0 Å². The molecule has 1 aromatic carbocycles. The normalized spacial score (nSPS) is 28.0. The summed E-state index contributed by atoms with van der Waals surface area (Å²) in [6, 6.07) is 11.0. The minimum absolute atomic E-state index is 0.459. The van der Waals surface area contributed by atoms with E-state index in [4.69, 9.17) is 10.7 Å². The molecule has 3 aliphatic heterocycles. The molecular formula is C16H20N4S. The number of thiazole rings is 1. The predicted molar refractivity (Wildman–Crippen MR) is 86.2 cm³/mol. The summed E-state index contributed by atoms with van der Waals surface area (Å²) in [6.45, 7) is 6.38. The Bertz CT molecular complexity index is 616. The van der Waals surface area contributed by atoms with E-state index in [1.54, 1.807) is 0 Å². The quantitative estimate of drug-likeness (QED) is 0.941. The van der Waals surface area contributed by atoms with Gasteiger partial charge in [-0.05, 0) is 5.56 Å². The second-order valence-corrected chi connectivity index (χ2v) is 6.78. The van der Waals surface area contributed by atoms with Crippen molar-refractivity contribution in [2.75, 3.05) is 32.7 Å². The third-order valence-electron chi connectivity index (χ3n) is 4.51. The van der Waals surface area contributed by atoms with Crippen molar-refractivity contribution in [1.82, 2.24) is 14.8 Å². The van der Waals surface area contributed by atoms with E-state index >= 15 is 0 Å². The van der Waals surface area contributed by atoms with Gasteiger partial charge in [0.1, 0.15) is 5.01 Å². The largest absolute Gasteiger partial charge is 0.325 e. The minimum Gasteiger partial charge on any atom is -0.325 e. The van der Waals surface area contributed by atoms with Crippen LogP contribution in [0, 0.1) is 0 Å². The average molecular weight is 300 g/mol. The summed E-state index contributed by atoms with van der Waals surface area (Å²) in [5.41, 5.74) is 8.20. The van der Waals surface area contributed by atoms with Crippen LogP contribution in [0.4, 0.5) is 0 Å². The summed E-state index contributed by atoms with van der Waals surface area (Å²) in [5, 5.41) is 1.23. The lowest BCUT2D eigenvalue weighted by Crippen LogP contribution is -2.56. The molecule has 0 radical (unpaired) electrons. The summed E-state index contributed by atoms with van der Waals surface area (Å²) in [6.07, 6.45) is 0. The van der Waals surface area contributed by atoms with Crippen LogP contribution in [0.2, 0.25) is 0 Å². The molecular weight excluding hydrogens is 280 g/mol. The first-order chi connectivity index (χ1) is 10.3. The van der Waals surface area contributed by atoms with Crippen LogP contribution in [0.25, 0.3) is 10.4 Å². The number of aromatic nitrogens is 1. The summed E-state index contributed by atoms with van der Waals surface area (Å²) in [5.74, 6) is 0. The molecule has 3 saturated heterocycles. The average Bonchev–Trinajstić information content (AvgIpc) is 3.01. The maximum Gasteiger partial charge on any atom is 0.112 e. The zero-order valence-electron chi connectivity index (χ0n) is 12.0. The molecule has 0 aliphatic carbocycles. The molecule has 0 spiro atoms. The van der Waals surface area contributed by atoms with E-state index in [0.717, 1.165) is 12.2 Å². The van der Waals surface area contributed by atoms with Gasteiger partial charge in [-0.1, -0.05) is 30.3 Å². The highest BCUT2D eigenvalue weighted by atomic mass is 32.1. The van der Waals surface area contributed by atoms with E-state index in [2.05, 4.69) is 34.1 Å². The number of benzene rings is 1. The molecule has 110 valence electrons. The molecule has 4 heterocycles. The first-order valence-electron chi connectivity index (χ1n) is 7.56. The van der Waals surface area contributed by atoms with Gasteiger partial charge in [0, 0.05) is 39.3 Å². The van der Waals surface area contributed by atoms with Gasteiger partial charge in [0.05, 0.1) is 16.6 Å². The lowest BCUT2D eigenvalue weighted by Gasteiger charge is -2.46. The highest BCUT2D eigenvalue weighted by Gasteiger charge is 2.35. The first-order valence-corrected chi connectivity index (χ1v) is 8.38. The number of hydrogen-bond acceptors (Lipinski definition) is 5. The maximum atomic E-state index is 5.93. The van der Waals surface area contributed by atoms with Crippen LogP contribution in [0.1, 0.15) is 16.7 Å². The van der Waals surface area contributed by atoms with Crippen LogP contribution in [0.5, 0.6) is 0 Å². The minimum atomic E-state index is 0.459. The standard InChI is InChI=1S/C16H20N4S/c17-10-13-15(12-4-2-1-3-5-12)21-16(18-13)14-11-19-6-8-20(14)9-7-19/h1-5,14H,6-11,17H2. The van der Waals surface area contributed by atoms with E-state index in [-0.39, 0.29) is 0 Å². The van der Waals surface area contributed by atoms with Crippen molar-refractivity contribution in [2.24, 2.45) is 5.73 Å². The van der Waals surface area contributed by atoms with Crippen molar-refractivity contribution < 1.29 is 0 Å². The number of rotatable bonds is 3. The number of hydrogen-bond donors (Lipinski definition) is 1. The molecule has 1 atom stereocenters. The second kappa shape index (κ2) is 5.50. The van der Waals surface area contributed by atoms with Gasteiger partial charge >= 0.3 is 0 Å². The molecule has 3 fully saturated rings. The first kappa shape index (κ1) is 13.4. The third kappa shape index (κ3) is 2.40. The fourth-order valence-electron chi connectivity index (χ4n) is 3.32. The molecule has 0 saturated carbocycles. The van der Waals surface area contributed by atoms with E-state index in [0.29, 0.717) is 12.6 Å². The van der Waals surface area contributed by atoms with Gasteiger partial charge in [0.15, 0.2) is 0 Å². The van der Waals surface area contributed by atoms with Gasteiger partial charge in [0.2, 0.25) is 0 Å². The van der Waals surface area contributed by atoms with Crippen LogP contribution in [-0.2, 0) is 6.54 Å². The lowest BCUT2D eigenvalue weighted by atomic mass is 10.1. The molecule has 0 amide bonds. The Morgan fingerprint density at radius 2 is 1.90 bits per heavy atom. The van der Waals surface area contributed by atoms with E-state index in [9.17, 15) is 0 Å². The fraction of sp³-hybridized carbons (Fsp3) is 0.438. The SMILES string of the molecule is NCc1nc(C2CN3CCN2CC3)sc1-c1ccccc1. The van der Waals surface area contributed by atoms with Crippen molar-refractivity contribution in [3.8, 4) is 10.4 Å². The Hall–Kier alpha value is -1.27. The molecule has 3 aliphatic rings. The van der Waals surface area contributed by atoms with Crippen molar-refractivity contribution >= 4 is 11.3 Å². The molecule has 2 N–H and O–H groups in total. The van der Waals surface area contributed by atoms with Gasteiger partial charge in [0.25, 0.3) is 0 Å². The summed E-state index contributed by atoms with van der Waals surface area (Å²) >= 11 is 1.82. The molecule has 21 heavy (non-hydrogen) atoms. The topological polar surface area (TPSA) is 45.4 Å². The highest BCUT2D eigenvalue weighted by Crippen LogP contribution is 2.37. The van der Waals surface area contributed by atoms with Gasteiger partial charge in [-0.25, -0.2) is 4.98 Å². The van der Waals surface area contributed by atoms with Gasteiger partial charge in [-0.2, -0.15) is 0 Å². The molecule has 2 aromatic rings. The van der Waals surface area contributed by atoms with E-state index in [1.807, 2.05) is 17.4 Å². The van der Waals surface area contributed by atoms with Gasteiger partial charge in [-0.3, -0.25) is 9.80 Å². The summed E-state index contributed by atoms with van der Waals surface area (Å²) < 4.78 is 0. The van der Waals surface area contributed by atoms with Crippen LogP contribution >= 0.6 is 11.3 Å². The zero-order chi connectivity index (χ0) is 14.2. The van der Waals surface area contributed by atoms with Crippen LogP contribution < -0.4 is 5.73 Å². The summed E-state index contributed by atoms with van der Waals surface area (Å²) in [7, 11) is 0. The Morgan fingerprint density at radius 1 is 1.14 bits per heavy atom. The predicted octanol–water partition coefficient (Wildman–Crippen LogP) is 1.94. The smallest absolute Gasteiger partial charge is 0.112 e. The molecule has 5 rings (SSSR count). The van der Waals surface area contributed by atoms with Crippen LogP contribution in [0.15, 0.2) is 30.3 Å². The van der Waals surface area contributed by atoms with Crippen LogP contribution in [-0.4, -0.2) is 47.5 Å². The van der Waals surface area contributed by atoms with E-state index in [1.165, 1.54) is 41.6 Å². The maximum absolute atomic E-state index is 5.93. The molecule has 5 heteroatoms. The Morgan fingerprint density at radius 3 is 2.52 bits per heavy atom. The molecule has 1 aromatic heterocycles. The molecule has 4 nitrogen and oxygen atoms in total. The van der Waals surface area contributed by atoms with Crippen molar-refractivity contribution in [1.29, 1.82) is 0 Å². The highest BCUT2D eigenvalue weighted by molar-refractivity contribution is 7.15. The third-order valence-corrected chi connectivity index (χ3v) is 5.76. The van der Waals surface area contributed by atoms with E-state index < -0.39 is 0 Å². The molecule has 1 unspecified atom stereocenters. The van der Waals surface area contributed by atoms with Gasteiger partial charge < -0.3 is 5.73 Å². The fourth-order valence-corrected chi connectivity index (χ4v) is 4.54. The van der Waals surface area contributed by atoms with Gasteiger partial charge in [-0.15, -0.1) is 11.3 Å². The lowest BCUT2D eigenvalue weighted by molar-refractivity contribution is 0.0122. The van der Waals surface area contributed by atoms with Crippen molar-refractivity contribution in [3.63, 3.8) is 0 Å². The zero-order valence-corrected chi connectivity index (χ0v) is 12.9. The number of nitrogens with two attached hydrogens (primary N) is 1. The Balaban J connectivity index is 1.70. The number of nitrogens with zero attached hydrogens (tertiary/aromatic N) is 3. The summed E-state index contributed by atoms with van der Waals surface area (Å²) in [4.78, 5) is 11.2. The Labute approximate surface area is 129 Å². The Kier molecular flexibility index (Phi) is 3.51.